The van der Waals surface area contributed by atoms with Crippen LogP contribution < -0.4 is 0 Å². The quantitative estimate of drug-likeness (QED) is 0.752. The molecular formula is C18H21N. The normalized spacial score (nSPS) is 11.6. The Morgan fingerprint density at radius 1 is 1.11 bits per heavy atom. The highest BCUT2D eigenvalue weighted by atomic mass is 14.6. The summed E-state index contributed by atoms with van der Waals surface area (Å²) in [6.45, 7) is 4.40. The van der Waals surface area contributed by atoms with Crippen LogP contribution in [0.15, 0.2) is 54.4 Å². The third kappa shape index (κ3) is 4.06. The highest BCUT2D eigenvalue weighted by Crippen LogP contribution is 2.15. The summed E-state index contributed by atoms with van der Waals surface area (Å²) in [4.78, 5) is 4.20. The van der Waals surface area contributed by atoms with Crippen LogP contribution in [-0.4, -0.2) is 4.98 Å². The fourth-order valence-electron chi connectivity index (χ4n) is 2.26. The number of allylic oxidation sites excluding steroid dienone is 1. The van der Waals surface area contributed by atoms with Gasteiger partial charge < -0.3 is 0 Å². The number of aryl methyl sites for hydroxylation is 2. The van der Waals surface area contributed by atoms with Crippen molar-refractivity contribution in [1.29, 1.82) is 0 Å². The van der Waals surface area contributed by atoms with Crippen LogP contribution in [0.1, 0.15) is 37.0 Å². The van der Waals surface area contributed by atoms with Crippen LogP contribution in [0.3, 0.4) is 0 Å². The Hall–Kier alpha value is -1.89. The van der Waals surface area contributed by atoms with E-state index in [0.29, 0.717) is 0 Å². The first-order valence-corrected chi connectivity index (χ1v) is 6.93. The molecule has 0 radical (unpaired) electrons. The van der Waals surface area contributed by atoms with Crippen molar-refractivity contribution in [1.82, 2.24) is 4.98 Å². The van der Waals surface area contributed by atoms with Gasteiger partial charge in [-0.1, -0.05) is 48.9 Å². The van der Waals surface area contributed by atoms with E-state index in [1.165, 1.54) is 22.3 Å². The van der Waals surface area contributed by atoms with Crippen molar-refractivity contribution in [3.8, 4) is 0 Å². The van der Waals surface area contributed by atoms with E-state index in [0.717, 1.165) is 19.3 Å². The second-order valence-electron chi connectivity index (χ2n) is 4.90. The summed E-state index contributed by atoms with van der Waals surface area (Å²) < 4.78 is 0. The van der Waals surface area contributed by atoms with Gasteiger partial charge in [0.05, 0.1) is 0 Å². The average molecular weight is 251 g/mol. The van der Waals surface area contributed by atoms with Gasteiger partial charge in [-0.25, -0.2) is 0 Å². The summed E-state index contributed by atoms with van der Waals surface area (Å²) in [5, 5.41) is 0. The van der Waals surface area contributed by atoms with Crippen LogP contribution in [0, 0.1) is 0 Å². The van der Waals surface area contributed by atoms with Gasteiger partial charge in [-0.3, -0.25) is 4.98 Å². The maximum absolute atomic E-state index is 4.20. The molecule has 0 aliphatic rings. The Labute approximate surface area is 116 Å². The first kappa shape index (κ1) is 13.5. The molecule has 2 aromatic rings. The zero-order valence-electron chi connectivity index (χ0n) is 11.8. The lowest BCUT2D eigenvalue weighted by molar-refractivity contribution is 0.913. The standard InChI is InChI=1S/C18H21N/c1-3-17-14-19-12-11-18(17)10-9-15(2)13-16-7-5-4-6-8-16/h4-8,11-14H,3,9-10H2,1-2H3/b15-13+. The van der Waals surface area contributed by atoms with E-state index >= 15 is 0 Å². The average Bonchev–Trinajstić information content (AvgIpc) is 2.46. The van der Waals surface area contributed by atoms with E-state index in [2.05, 4.69) is 61.3 Å². The van der Waals surface area contributed by atoms with Gasteiger partial charge in [-0.15, -0.1) is 0 Å². The zero-order valence-corrected chi connectivity index (χ0v) is 11.8. The molecule has 1 heterocycles. The molecule has 0 fully saturated rings. The molecule has 0 amide bonds. The molecule has 0 bridgehead atoms. The molecule has 19 heavy (non-hydrogen) atoms. The van der Waals surface area contributed by atoms with E-state index in [1.54, 1.807) is 0 Å². The molecule has 0 N–H and O–H groups in total. The largest absolute Gasteiger partial charge is 0.264 e. The van der Waals surface area contributed by atoms with Gasteiger partial charge in [0.15, 0.2) is 0 Å². The third-order valence-corrected chi connectivity index (χ3v) is 3.39. The molecule has 1 nitrogen and oxygen atoms in total. The minimum absolute atomic E-state index is 1.06. The minimum atomic E-state index is 1.06. The van der Waals surface area contributed by atoms with Crippen molar-refractivity contribution in [3.63, 3.8) is 0 Å². The van der Waals surface area contributed by atoms with Gasteiger partial charge in [0.2, 0.25) is 0 Å². The molecule has 0 atom stereocenters. The van der Waals surface area contributed by atoms with Crippen LogP contribution in [0.4, 0.5) is 0 Å². The monoisotopic (exact) mass is 251 g/mol. The molecule has 1 aromatic carbocycles. The Bertz CT molecular complexity index is 541. The predicted octanol–water partition coefficient (Wildman–Crippen LogP) is 4.68. The van der Waals surface area contributed by atoms with Crippen LogP contribution in [0.25, 0.3) is 6.08 Å². The highest BCUT2D eigenvalue weighted by molar-refractivity contribution is 5.52. The van der Waals surface area contributed by atoms with Gasteiger partial charge in [0, 0.05) is 12.4 Å². The maximum atomic E-state index is 4.20. The SMILES string of the molecule is CCc1cnccc1CC/C(C)=C/c1ccccc1. The Morgan fingerprint density at radius 3 is 2.63 bits per heavy atom. The summed E-state index contributed by atoms with van der Waals surface area (Å²) in [5.74, 6) is 0. The van der Waals surface area contributed by atoms with Crippen molar-refractivity contribution in [3.05, 3.63) is 71.1 Å². The van der Waals surface area contributed by atoms with Gasteiger partial charge in [-0.2, -0.15) is 0 Å². The molecule has 0 aliphatic carbocycles. The van der Waals surface area contributed by atoms with E-state index in [9.17, 15) is 0 Å². The summed E-state index contributed by atoms with van der Waals surface area (Å²) in [6.07, 6.45) is 9.42. The third-order valence-electron chi connectivity index (χ3n) is 3.39. The lowest BCUT2D eigenvalue weighted by Gasteiger charge is -2.07. The van der Waals surface area contributed by atoms with E-state index in [4.69, 9.17) is 0 Å². The Balaban J connectivity index is 2.00. The first-order chi connectivity index (χ1) is 9.29. The molecular weight excluding hydrogens is 230 g/mol. The molecule has 0 aliphatic heterocycles. The summed E-state index contributed by atoms with van der Waals surface area (Å²) in [6, 6.07) is 12.7. The molecule has 1 aromatic heterocycles. The minimum Gasteiger partial charge on any atom is -0.264 e. The summed E-state index contributed by atoms with van der Waals surface area (Å²) in [5.41, 5.74) is 5.50. The number of hydrogen-bond acceptors (Lipinski definition) is 1. The van der Waals surface area contributed by atoms with Gasteiger partial charge >= 0.3 is 0 Å². The van der Waals surface area contributed by atoms with E-state index in [1.807, 2.05) is 12.4 Å². The fraction of sp³-hybridized carbons (Fsp3) is 0.278. The Kier molecular flexibility index (Phi) is 4.91. The number of rotatable bonds is 5. The number of aromatic nitrogens is 1. The predicted molar refractivity (Wildman–Crippen MR) is 82.0 cm³/mol. The number of hydrogen-bond donors (Lipinski definition) is 0. The summed E-state index contributed by atoms with van der Waals surface area (Å²) >= 11 is 0. The lowest BCUT2D eigenvalue weighted by Crippen LogP contribution is -1.94. The Morgan fingerprint density at radius 2 is 1.89 bits per heavy atom. The number of benzene rings is 1. The molecule has 0 saturated heterocycles. The molecule has 1 heteroatoms. The van der Waals surface area contributed by atoms with Crippen LogP contribution in [-0.2, 0) is 12.8 Å². The van der Waals surface area contributed by atoms with Gasteiger partial charge in [0.1, 0.15) is 0 Å². The molecule has 2 rings (SSSR count). The fourth-order valence-corrected chi connectivity index (χ4v) is 2.26. The first-order valence-electron chi connectivity index (χ1n) is 6.93. The van der Waals surface area contributed by atoms with Crippen LogP contribution in [0.5, 0.6) is 0 Å². The second kappa shape index (κ2) is 6.89. The van der Waals surface area contributed by atoms with Crippen molar-refractivity contribution >= 4 is 6.08 Å². The van der Waals surface area contributed by atoms with Gasteiger partial charge in [-0.05, 0) is 48.9 Å². The van der Waals surface area contributed by atoms with E-state index in [-0.39, 0.29) is 0 Å². The highest BCUT2D eigenvalue weighted by Gasteiger charge is 2.01. The topological polar surface area (TPSA) is 12.9 Å². The van der Waals surface area contributed by atoms with Gasteiger partial charge in [0.25, 0.3) is 0 Å². The number of pyridine rings is 1. The number of nitrogens with zero attached hydrogens (tertiary/aromatic N) is 1. The zero-order chi connectivity index (χ0) is 13.5. The van der Waals surface area contributed by atoms with Crippen molar-refractivity contribution in [2.45, 2.75) is 33.1 Å². The second-order valence-corrected chi connectivity index (χ2v) is 4.90. The molecule has 0 saturated carbocycles. The molecule has 98 valence electrons. The van der Waals surface area contributed by atoms with Crippen LogP contribution in [0.2, 0.25) is 0 Å². The molecule has 0 unspecified atom stereocenters. The van der Waals surface area contributed by atoms with Crippen LogP contribution >= 0.6 is 0 Å². The smallest absolute Gasteiger partial charge is 0.0302 e. The molecule has 0 spiro atoms. The van der Waals surface area contributed by atoms with E-state index < -0.39 is 0 Å². The lowest BCUT2D eigenvalue weighted by atomic mass is 10.00. The van der Waals surface area contributed by atoms with Crippen molar-refractivity contribution < 1.29 is 0 Å². The van der Waals surface area contributed by atoms with Crippen molar-refractivity contribution in [2.75, 3.05) is 0 Å². The van der Waals surface area contributed by atoms with Crippen molar-refractivity contribution in [2.24, 2.45) is 0 Å². The summed E-state index contributed by atoms with van der Waals surface area (Å²) in [7, 11) is 0. The maximum Gasteiger partial charge on any atom is 0.0302 e.